The Hall–Kier alpha value is -1.14. The lowest BCUT2D eigenvalue weighted by Gasteiger charge is -2.23. The third-order valence-corrected chi connectivity index (χ3v) is 4.05. The Kier molecular flexibility index (Phi) is 6.16. The minimum atomic E-state index is -0.903. The van der Waals surface area contributed by atoms with Gasteiger partial charge in [0.2, 0.25) is 0 Å². The summed E-state index contributed by atoms with van der Waals surface area (Å²) >= 11 is 1.25. The van der Waals surface area contributed by atoms with Crippen LogP contribution in [0.5, 0.6) is 0 Å². The number of carboxylic acid groups (broad SMARTS) is 1. The van der Waals surface area contributed by atoms with Crippen LogP contribution in [-0.4, -0.2) is 42.9 Å². The first-order valence-electron chi connectivity index (χ1n) is 7.15. The van der Waals surface area contributed by atoms with E-state index in [1.165, 1.54) is 11.3 Å². The molecule has 0 spiro atoms. The van der Waals surface area contributed by atoms with E-state index in [1.807, 2.05) is 20.8 Å². The van der Waals surface area contributed by atoms with Crippen LogP contribution in [0.4, 0.5) is 5.13 Å². The topological polar surface area (TPSA) is 62.7 Å². The van der Waals surface area contributed by atoms with Crippen LogP contribution < -0.4 is 4.90 Å². The van der Waals surface area contributed by atoms with Crippen LogP contribution in [0.15, 0.2) is 0 Å². The van der Waals surface area contributed by atoms with Crippen molar-refractivity contribution in [2.75, 3.05) is 31.7 Å². The van der Waals surface area contributed by atoms with Gasteiger partial charge in [-0.3, -0.25) is 0 Å². The van der Waals surface area contributed by atoms with Gasteiger partial charge in [0.05, 0.1) is 12.3 Å². The molecule has 0 amide bonds. The number of rotatable bonds is 7. The molecule has 5 nitrogen and oxygen atoms in total. The number of methoxy groups -OCH3 is 1. The first-order valence-corrected chi connectivity index (χ1v) is 7.97. The average molecular weight is 314 g/mol. The van der Waals surface area contributed by atoms with Gasteiger partial charge in [-0.1, -0.05) is 46.0 Å². The van der Waals surface area contributed by atoms with Crippen LogP contribution in [0.25, 0.3) is 0 Å². The molecule has 0 atom stereocenters. The lowest BCUT2D eigenvalue weighted by Crippen LogP contribution is -2.31. The average Bonchev–Trinajstić information content (AvgIpc) is 2.78. The fourth-order valence-electron chi connectivity index (χ4n) is 2.00. The molecule has 1 rings (SSSR count). The summed E-state index contributed by atoms with van der Waals surface area (Å²) in [6.45, 7) is 12.4. The van der Waals surface area contributed by atoms with Gasteiger partial charge in [-0.2, -0.15) is 0 Å². The fourth-order valence-corrected chi connectivity index (χ4v) is 3.15. The standard InChI is InChI=1S/C15H26N2O3S/c1-10(2)9-17(7-8-20-6)14-16-12(15(3,4)5)11(21-14)13(18)19/h10H,7-9H2,1-6H3,(H,18,19). The molecule has 1 heterocycles. The van der Waals surface area contributed by atoms with Crippen molar-refractivity contribution in [2.45, 2.75) is 40.0 Å². The lowest BCUT2D eigenvalue weighted by atomic mass is 9.91. The molecule has 1 aromatic rings. The van der Waals surface area contributed by atoms with Gasteiger partial charge in [0.1, 0.15) is 4.88 Å². The number of hydrogen-bond acceptors (Lipinski definition) is 5. The molecule has 6 heteroatoms. The number of thiazole rings is 1. The Morgan fingerprint density at radius 1 is 1.43 bits per heavy atom. The summed E-state index contributed by atoms with van der Waals surface area (Å²) in [4.78, 5) is 18.5. The summed E-state index contributed by atoms with van der Waals surface area (Å²) in [5, 5.41) is 10.2. The van der Waals surface area contributed by atoms with Crippen molar-refractivity contribution in [2.24, 2.45) is 5.92 Å². The number of carbonyl (C=O) groups is 1. The number of carboxylic acids is 1. The summed E-state index contributed by atoms with van der Waals surface area (Å²) in [6, 6.07) is 0. The zero-order valence-corrected chi connectivity index (χ0v) is 14.6. The summed E-state index contributed by atoms with van der Waals surface area (Å²) in [6.07, 6.45) is 0. The Morgan fingerprint density at radius 3 is 2.43 bits per heavy atom. The van der Waals surface area contributed by atoms with Crippen LogP contribution in [0.2, 0.25) is 0 Å². The summed E-state index contributed by atoms with van der Waals surface area (Å²) in [7, 11) is 1.67. The van der Waals surface area contributed by atoms with Gasteiger partial charge in [-0.25, -0.2) is 9.78 Å². The van der Waals surface area contributed by atoms with E-state index in [-0.39, 0.29) is 5.41 Å². The normalized spacial score (nSPS) is 12.0. The molecule has 0 radical (unpaired) electrons. The maximum atomic E-state index is 11.5. The second-order valence-corrected chi connectivity index (χ2v) is 7.54. The van der Waals surface area contributed by atoms with Crippen molar-refractivity contribution >= 4 is 22.4 Å². The zero-order valence-electron chi connectivity index (χ0n) is 13.8. The highest BCUT2D eigenvalue weighted by atomic mass is 32.1. The highest BCUT2D eigenvalue weighted by Crippen LogP contribution is 2.34. The van der Waals surface area contributed by atoms with E-state index in [4.69, 9.17) is 4.74 Å². The Labute approximate surface area is 130 Å². The van der Waals surface area contributed by atoms with Gasteiger partial charge in [-0.15, -0.1) is 0 Å². The highest BCUT2D eigenvalue weighted by Gasteiger charge is 2.28. The molecule has 0 aliphatic rings. The minimum absolute atomic E-state index is 0.284. The molecule has 0 saturated heterocycles. The molecule has 0 unspecified atom stereocenters. The van der Waals surface area contributed by atoms with E-state index in [0.717, 1.165) is 11.7 Å². The molecule has 0 aromatic carbocycles. The summed E-state index contributed by atoms with van der Waals surface area (Å²) in [5.74, 6) is -0.433. The van der Waals surface area contributed by atoms with Crippen molar-refractivity contribution in [3.05, 3.63) is 10.6 Å². The number of ether oxygens (including phenoxy) is 1. The summed E-state index contributed by atoms with van der Waals surface area (Å²) in [5.41, 5.74) is 0.369. The maximum Gasteiger partial charge on any atom is 0.347 e. The van der Waals surface area contributed by atoms with Crippen LogP contribution in [0, 0.1) is 5.92 Å². The van der Waals surface area contributed by atoms with Crippen LogP contribution in [0.3, 0.4) is 0 Å². The molecule has 0 fully saturated rings. The van der Waals surface area contributed by atoms with E-state index >= 15 is 0 Å². The summed E-state index contributed by atoms with van der Waals surface area (Å²) < 4.78 is 5.15. The largest absolute Gasteiger partial charge is 0.477 e. The van der Waals surface area contributed by atoms with E-state index < -0.39 is 5.97 Å². The third-order valence-electron chi connectivity index (χ3n) is 2.94. The number of hydrogen-bond donors (Lipinski definition) is 1. The molecule has 0 aliphatic carbocycles. The Bertz CT molecular complexity index is 478. The minimum Gasteiger partial charge on any atom is -0.477 e. The first kappa shape index (κ1) is 17.9. The SMILES string of the molecule is COCCN(CC(C)C)c1nc(C(C)(C)C)c(C(=O)O)s1. The van der Waals surface area contributed by atoms with Gasteiger partial charge in [-0.05, 0) is 5.92 Å². The number of aromatic nitrogens is 1. The predicted octanol–water partition coefficient (Wildman–Crippen LogP) is 3.25. The fraction of sp³-hybridized carbons (Fsp3) is 0.733. The van der Waals surface area contributed by atoms with Gasteiger partial charge < -0.3 is 14.7 Å². The smallest absolute Gasteiger partial charge is 0.347 e. The monoisotopic (exact) mass is 314 g/mol. The molecule has 0 aliphatic heterocycles. The van der Waals surface area contributed by atoms with E-state index in [9.17, 15) is 9.90 Å². The van der Waals surface area contributed by atoms with Gasteiger partial charge in [0.15, 0.2) is 5.13 Å². The van der Waals surface area contributed by atoms with Crippen molar-refractivity contribution < 1.29 is 14.6 Å². The van der Waals surface area contributed by atoms with Crippen LogP contribution >= 0.6 is 11.3 Å². The van der Waals surface area contributed by atoms with Gasteiger partial charge in [0, 0.05) is 25.6 Å². The quantitative estimate of drug-likeness (QED) is 0.837. The predicted molar refractivity (Wildman–Crippen MR) is 86.7 cm³/mol. The van der Waals surface area contributed by atoms with Crippen molar-refractivity contribution in [3.63, 3.8) is 0 Å². The van der Waals surface area contributed by atoms with Crippen LogP contribution in [0.1, 0.15) is 50.0 Å². The Morgan fingerprint density at radius 2 is 2.05 bits per heavy atom. The molecule has 0 saturated carbocycles. The second-order valence-electron chi connectivity index (χ2n) is 6.56. The number of anilines is 1. The Balaban J connectivity index is 3.16. The van der Waals surface area contributed by atoms with Crippen molar-refractivity contribution in [1.29, 1.82) is 0 Å². The van der Waals surface area contributed by atoms with E-state index in [2.05, 4.69) is 23.7 Å². The van der Waals surface area contributed by atoms with Crippen molar-refractivity contribution in [1.82, 2.24) is 4.98 Å². The number of nitrogens with zero attached hydrogens (tertiary/aromatic N) is 2. The first-order chi connectivity index (χ1) is 9.66. The van der Waals surface area contributed by atoms with E-state index in [1.54, 1.807) is 7.11 Å². The molecule has 21 heavy (non-hydrogen) atoms. The third kappa shape index (κ3) is 4.97. The van der Waals surface area contributed by atoms with Gasteiger partial charge in [0.25, 0.3) is 0 Å². The van der Waals surface area contributed by atoms with E-state index in [0.29, 0.717) is 29.6 Å². The van der Waals surface area contributed by atoms with Crippen molar-refractivity contribution in [3.8, 4) is 0 Å². The maximum absolute atomic E-state index is 11.5. The highest BCUT2D eigenvalue weighted by molar-refractivity contribution is 7.17. The molecule has 0 bridgehead atoms. The second kappa shape index (κ2) is 7.22. The molecular weight excluding hydrogens is 288 g/mol. The van der Waals surface area contributed by atoms with Crippen LogP contribution in [-0.2, 0) is 10.2 Å². The molecule has 1 aromatic heterocycles. The number of aromatic carboxylic acids is 1. The lowest BCUT2D eigenvalue weighted by molar-refractivity contribution is 0.0699. The molecule has 1 N–H and O–H groups in total. The molecule has 120 valence electrons. The molecular formula is C15H26N2O3S. The van der Waals surface area contributed by atoms with Gasteiger partial charge >= 0.3 is 5.97 Å². The zero-order chi connectivity index (χ0) is 16.2.